The summed E-state index contributed by atoms with van der Waals surface area (Å²) in [6.07, 6.45) is 3.92. The van der Waals surface area contributed by atoms with E-state index in [4.69, 9.17) is 28.9 Å². The summed E-state index contributed by atoms with van der Waals surface area (Å²) in [5.41, 5.74) is 6.55. The van der Waals surface area contributed by atoms with E-state index < -0.39 is 0 Å². The molecule has 7 heteroatoms. The van der Waals surface area contributed by atoms with Gasteiger partial charge in [0.2, 0.25) is 0 Å². The molecule has 0 aliphatic heterocycles. The van der Waals surface area contributed by atoms with Gasteiger partial charge in [0, 0.05) is 12.7 Å². The van der Waals surface area contributed by atoms with Crippen LogP contribution in [0.25, 0.3) is 5.69 Å². The molecular formula is C16H18Cl2N4O. The maximum Gasteiger partial charge on any atom is 0.272 e. The van der Waals surface area contributed by atoms with Crippen LogP contribution in [0.2, 0.25) is 10.0 Å². The number of rotatable bonds is 5. The van der Waals surface area contributed by atoms with Crippen LogP contribution in [-0.2, 0) is 0 Å². The van der Waals surface area contributed by atoms with Crippen LogP contribution in [0.15, 0.2) is 30.5 Å². The minimum Gasteiger partial charge on any atom is -0.344 e. The Morgan fingerprint density at radius 1 is 1.39 bits per heavy atom. The van der Waals surface area contributed by atoms with Crippen molar-refractivity contribution < 1.29 is 4.79 Å². The molecule has 1 aromatic heterocycles. The number of halogens is 2. The van der Waals surface area contributed by atoms with E-state index in [1.807, 2.05) is 6.92 Å². The van der Waals surface area contributed by atoms with Crippen molar-refractivity contribution in [2.45, 2.75) is 25.3 Å². The average Bonchev–Trinajstić information content (AvgIpc) is 3.28. The predicted molar refractivity (Wildman–Crippen MR) is 91.2 cm³/mol. The van der Waals surface area contributed by atoms with Gasteiger partial charge in [-0.15, -0.1) is 0 Å². The van der Waals surface area contributed by atoms with E-state index in [9.17, 15) is 4.79 Å². The number of benzene rings is 1. The van der Waals surface area contributed by atoms with E-state index in [0.29, 0.717) is 28.2 Å². The first-order valence-electron chi connectivity index (χ1n) is 7.46. The Bertz CT molecular complexity index is 741. The van der Waals surface area contributed by atoms with Gasteiger partial charge in [-0.2, -0.15) is 5.10 Å². The van der Waals surface area contributed by atoms with Crippen molar-refractivity contribution in [2.75, 3.05) is 6.54 Å². The Kier molecular flexibility index (Phi) is 4.36. The number of nitrogens with one attached hydrogen (secondary N) is 1. The Morgan fingerprint density at radius 2 is 2.13 bits per heavy atom. The predicted octanol–water partition coefficient (Wildman–Crippen LogP) is 3.04. The summed E-state index contributed by atoms with van der Waals surface area (Å²) >= 11 is 11.9. The van der Waals surface area contributed by atoms with Crippen molar-refractivity contribution in [3.63, 3.8) is 0 Å². The summed E-state index contributed by atoms with van der Waals surface area (Å²) in [7, 11) is 0. The van der Waals surface area contributed by atoms with Crippen LogP contribution in [0, 0.1) is 5.92 Å². The quantitative estimate of drug-likeness (QED) is 0.868. The number of hydrogen-bond donors (Lipinski definition) is 2. The minimum atomic E-state index is -0.371. The maximum absolute atomic E-state index is 12.4. The third-order valence-electron chi connectivity index (χ3n) is 4.29. The Labute approximate surface area is 144 Å². The fourth-order valence-electron chi connectivity index (χ4n) is 2.58. The molecule has 1 fully saturated rings. The highest BCUT2D eigenvalue weighted by Gasteiger charge is 2.41. The van der Waals surface area contributed by atoms with Crippen LogP contribution < -0.4 is 11.1 Å². The first-order valence-corrected chi connectivity index (χ1v) is 8.22. The molecule has 3 rings (SSSR count). The summed E-state index contributed by atoms with van der Waals surface area (Å²) < 4.78 is 1.59. The average molecular weight is 353 g/mol. The molecule has 1 aromatic carbocycles. The van der Waals surface area contributed by atoms with Gasteiger partial charge in [-0.3, -0.25) is 4.79 Å². The number of carbonyl (C=O) groups excluding carboxylic acids is 1. The van der Waals surface area contributed by atoms with Crippen LogP contribution in [0.3, 0.4) is 0 Å². The van der Waals surface area contributed by atoms with Crippen molar-refractivity contribution in [3.05, 3.63) is 46.2 Å². The maximum atomic E-state index is 12.4. The molecule has 0 radical (unpaired) electrons. The fraction of sp³-hybridized carbons (Fsp3) is 0.375. The standard InChI is InChI=1S/C16H18Cl2N4O/c1-16(9-19,10-2-3-10)20-15(23)14-6-7-22(21-14)11-4-5-12(17)13(18)8-11/h4-8,10H,2-3,9,19H2,1H3,(H,20,23). The molecule has 3 N–H and O–H groups in total. The van der Waals surface area contributed by atoms with Crippen LogP contribution in [0.5, 0.6) is 0 Å². The van der Waals surface area contributed by atoms with E-state index in [1.54, 1.807) is 35.1 Å². The molecule has 1 heterocycles. The number of nitrogens with zero attached hydrogens (tertiary/aromatic N) is 2. The monoisotopic (exact) mass is 352 g/mol. The van der Waals surface area contributed by atoms with Crippen LogP contribution in [-0.4, -0.2) is 27.8 Å². The van der Waals surface area contributed by atoms with E-state index in [1.165, 1.54) is 0 Å². The first-order chi connectivity index (χ1) is 10.9. The summed E-state index contributed by atoms with van der Waals surface area (Å²) in [4.78, 5) is 12.4. The molecule has 0 spiro atoms. The van der Waals surface area contributed by atoms with Crippen molar-refractivity contribution in [3.8, 4) is 5.69 Å². The lowest BCUT2D eigenvalue weighted by Crippen LogP contribution is -2.53. The van der Waals surface area contributed by atoms with Gasteiger partial charge in [0.1, 0.15) is 0 Å². The van der Waals surface area contributed by atoms with E-state index in [0.717, 1.165) is 18.5 Å². The topological polar surface area (TPSA) is 72.9 Å². The number of carbonyl (C=O) groups is 1. The molecule has 1 aliphatic carbocycles. The Balaban J connectivity index is 1.78. The van der Waals surface area contributed by atoms with Crippen molar-refractivity contribution in [1.82, 2.24) is 15.1 Å². The van der Waals surface area contributed by atoms with Gasteiger partial charge in [0.25, 0.3) is 5.91 Å². The van der Waals surface area contributed by atoms with Crippen molar-refractivity contribution in [2.24, 2.45) is 11.7 Å². The minimum absolute atomic E-state index is 0.219. The third-order valence-corrected chi connectivity index (χ3v) is 5.03. The molecule has 23 heavy (non-hydrogen) atoms. The number of hydrogen-bond acceptors (Lipinski definition) is 3. The number of nitrogens with two attached hydrogens (primary N) is 1. The number of amides is 1. The molecule has 0 bridgehead atoms. The largest absolute Gasteiger partial charge is 0.344 e. The molecular weight excluding hydrogens is 335 g/mol. The molecule has 1 atom stereocenters. The van der Waals surface area contributed by atoms with Gasteiger partial charge in [-0.1, -0.05) is 23.2 Å². The SMILES string of the molecule is CC(CN)(NC(=O)c1ccn(-c2ccc(Cl)c(Cl)c2)n1)C1CC1. The number of aromatic nitrogens is 2. The molecule has 5 nitrogen and oxygen atoms in total. The van der Waals surface area contributed by atoms with Gasteiger partial charge >= 0.3 is 0 Å². The van der Waals surface area contributed by atoms with Crippen LogP contribution in [0.4, 0.5) is 0 Å². The second-order valence-electron chi connectivity index (χ2n) is 6.09. The Morgan fingerprint density at radius 3 is 2.74 bits per heavy atom. The highest BCUT2D eigenvalue weighted by Crippen LogP contribution is 2.39. The lowest BCUT2D eigenvalue weighted by molar-refractivity contribution is 0.0892. The highest BCUT2D eigenvalue weighted by molar-refractivity contribution is 6.42. The van der Waals surface area contributed by atoms with Crippen molar-refractivity contribution >= 4 is 29.1 Å². The van der Waals surface area contributed by atoms with Gasteiger partial charge in [0.15, 0.2) is 5.69 Å². The second-order valence-corrected chi connectivity index (χ2v) is 6.91. The summed E-state index contributed by atoms with van der Waals surface area (Å²) in [5, 5.41) is 8.25. The Hall–Kier alpha value is -1.56. The summed E-state index contributed by atoms with van der Waals surface area (Å²) in [6, 6.07) is 6.85. The fourth-order valence-corrected chi connectivity index (χ4v) is 2.87. The summed E-state index contributed by atoms with van der Waals surface area (Å²) in [5.74, 6) is 0.234. The zero-order valence-electron chi connectivity index (χ0n) is 12.7. The molecule has 1 aliphatic rings. The van der Waals surface area contributed by atoms with Crippen molar-refractivity contribution in [1.29, 1.82) is 0 Å². The van der Waals surface area contributed by atoms with Gasteiger partial charge in [0.05, 0.1) is 21.3 Å². The van der Waals surface area contributed by atoms with E-state index in [-0.39, 0.29) is 11.4 Å². The van der Waals surface area contributed by atoms with Crippen LogP contribution in [0.1, 0.15) is 30.3 Å². The highest BCUT2D eigenvalue weighted by atomic mass is 35.5. The molecule has 0 saturated heterocycles. The lowest BCUT2D eigenvalue weighted by atomic mass is 9.96. The third kappa shape index (κ3) is 3.37. The van der Waals surface area contributed by atoms with E-state index >= 15 is 0 Å². The zero-order valence-corrected chi connectivity index (χ0v) is 14.2. The molecule has 1 saturated carbocycles. The second kappa shape index (κ2) is 6.15. The van der Waals surface area contributed by atoms with Crippen LogP contribution >= 0.6 is 23.2 Å². The normalized spacial score (nSPS) is 16.9. The van der Waals surface area contributed by atoms with Gasteiger partial charge in [-0.25, -0.2) is 4.68 Å². The molecule has 1 unspecified atom stereocenters. The zero-order chi connectivity index (χ0) is 16.6. The van der Waals surface area contributed by atoms with E-state index in [2.05, 4.69) is 10.4 Å². The summed E-state index contributed by atoms with van der Waals surface area (Å²) in [6.45, 7) is 2.40. The lowest BCUT2D eigenvalue weighted by Gasteiger charge is -2.29. The molecule has 122 valence electrons. The first kappa shape index (κ1) is 16.3. The van der Waals surface area contributed by atoms with Gasteiger partial charge in [-0.05, 0) is 49.9 Å². The van der Waals surface area contributed by atoms with Gasteiger partial charge < -0.3 is 11.1 Å². The smallest absolute Gasteiger partial charge is 0.272 e. The molecule has 1 amide bonds. The molecule has 2 aromatic rings.